The average Bonchev–Trinajstić information content (AvgIpc) is 2.40. The molecule has 0 spiro atoms. The van der Waals surface area contributed by atoms with Crippen molar-refractivity contribution in [2.24, 2.45) is 5.73 Å². The maximum atomic E-state index is 6.13. The topological polar surface area (TPSA) is 38.5 Å². The maximum absolute atomic E-state index is 6.13. The lowest BCUT2D eigenvalue weighted by Gasteiger charge is -2.32. The van der Waals surface area contributed by atoms with Crippen molar-refractivity contribution in [2.45, 2.75) is 19.3 Å². The molecule has 1 heterocycles. The monoisotopic (exact) mass is 268 g/mol. The van der Waals surface area contributed by atoms with Crippen LogP contribution in [0.5, 0.6) is 0 Å². The Morgan fingerprint density at radius 3 is 2.78 bits per heavy atom. The summed E-state index contributed by atoms with van der Waals surface area (Å²) in [6.07, 6.45) is 0.984. The lowest BCUT2D eigenvalue weighted by Crippen LogP contribution is -2.37. The van der Waals surface area contributed by atoms with Gasteiger partial charge in [-0.25, -0.2) is 0 Å². The Balaban J connectivity index is 2.27. The highest BCUT2D eigenvalue weighted by Gasteiger charge is 2.18. The van der Waals surface area contributed by atoms with Crippen molar-refractivity contribution in [3.05, 3.63) is 28.8 Å². The second-order valence-corrected chi connectivity index (χ2v) is 5.22. The van der Waals surface area contributed by atoms with E-state index in [2.05, 4.69) is 24.0 Å². The van der Waals surface area contributed by atoms with Crippen LogP contribution in [0.25, 0.3) is 0 Å². The summed E-state index contributed by atoms with van der Waals surface area (Å²) < 4.78 is 5.41. The molecule has 1 atom stereocenters. The van der Waals surface area contributed by atoms with E-state index < -0.39 is 0 Å². The first kappa shape index (κ1) is 13.7. The molecule has 0 aromatic heterocycles. The van der Waals surface area contributed by atoms with E-state index in [1.165, 1.54) is 11.3 Å². The number of nitrogens with two attached hydrogens (primary N) is 1. The highest BCUT2D eigenvalue weighted by atomic mass is 35.5. The van der Waals surface area contributed by atoms with E-state index in [1.807, 2.05) is 6.07 Å². The van der Waals surface area contributed by atoms with E-state index >= 15 is 0 Å². The summed E-state index contributed by atoms with van der Waals surface area (Å²) >= 11 is 6.13. The Labute approximate surface area is 114 Å². The molecule has 1 unspecified atom stereocenters. The molecule has 1 fully saturated rings. The molecule has 1 aliphatic heterocycles. The molecule has 4 heteroatoms. The fourth-order valence-electron chi connectivity index (χ4n) is 2.42. The highest BCUT2D eigenvalue weighted by Crippen LogP contribution is 2.32. The lowest BCUT2D eigenvalue weighted by atomic mass is 9.95. The Kier molecular flexibility index (Phi) is 4.87. The summed E-state index contributed by atoms with van der Waals surface area (Å²) in [5, 5.41) is 0.797. The first-order valence-electron chi connectivity index (χ1n) is 6.54. The van der Waals surface area contributed by atoms with E-state index in [9.17, 15) is 0 Å². The third kappa shape index (κ3) is 3.16. The van der Waals surface area contributed by atoms with Gasteiger partial charge in [0.05, 0.1) is 13.2 Å². The number of nitrogens with zero attached hydrogens (tertiary/aromatic N) is 1. The predicted molar refractivity (Wildman–Crippen MR) is 76.6 cm³/mol. The van der Waals surface area contributed by atoms with Gasteiger partial charge in [0.15, 0.2) is 0 Å². The Morgan fingerprint density at radius 2 is 2.11 bits per heavy atom. The third-order valence-electron chi connectivity index (χ3n) is 3.47. The van der Waals surface area contributed by atoms with Gasteiger partial charge in [0.1, 0.15) is 0 Å². The van der Waals surface area contributed by atoms with Gasteiger partial charge in [-0.2, -0.15) is 0 Å². The van der Waals surface area contributed by atoms with Crippen molar-refractivity contribution in [1.29, 1.82) is 0 Å². The first-order valence-corrected chi connectivity index (χ1v) is 6.92. The second kappa shape index (κ2) is 6.41. The molecule has 100 valence electrons. The molecular weight excluding hydrogens is 248 g/mol. The molecule has 1 saturated heterocycles. The van der Waals surface area contributed by atoms with Gasteiger partial charge in [0, 0.05) is 23.8 Å². The molecule has 2 rings (SSSR count). The van der Waals surface area contributed by atoms with Crippen molar-refractivity contribution in [2.75, 3.05) is 37.7 Å². The summed E-state index contributed by atoms with van der Waals surface area (Å²) in [6, 6.07) is 6.16. The van der Waals surface area contributed by atoms with Gasteiger partial charge in [-0.3, -0.25) is 0 Å². The zero-order valence-corrected chi connectivity index (χ0v) is 11.6. The highest BCUT2D eigenvalue weighted by molar-refractivity contribution is 6.30. The van der Waals surface area contributed by atoms with Gasteiger partial charge in [-0.15, -0.1) is 0 Å². The standard InChI is InChI=1S/C14H21ClN2O/c1-11(4-5-16)13-10-12(15)2-3-14(13)17-6-8-18-9-7-17/h2-3,10-11H,4-9,16H2,1H3. The summed E-state index contributed by atoms with van der Waals surface area (Å²) in [5.74, 6) is 0.437. The fraction of sp³-hybridized carbons (Fsp3) is 0.571. The van der Waals surface area contributed by atoms with Gasteiger partial charge < -0.3 is 15.4 Å². The van der Waals surface area contributed by atoms with Crippen LogP contribution in [0.4, 0.5) is 5.69 Å². The van der Waals surface area contributed by atoms with E-state index in [4.69, 9.17) is 22.1 Å². The lowest BCUT2D eigenvalue weighted by molar-refractivity contribution is 0.122. The van der Waals surface area contributed by atoms with E-state index in [-0.39, 0.29) is 0 Å². The molecule has 1 aromatic rings. The number of morpholine rings is 1. The van der Waals surface area contributed by atoms with Gasteiger partial charge in [0.2, 0.25) is 0 Å². The average molecular weight is 269 g/mol. The Bertz CT molecular complexity index is 391. The number of halogens is 1. The first-order chi connectivity index (χ1) is 8.72. The van der Waals surface area contributed by atoms with Crippen molar-refractivity contribution in [3.8, 4) is 0 Å². The summed E-state index contributed by atoms with van der Waals surface area (Å²) in [4.78, 5) is 2.38. The van der Waals surface area contributed by atoms with E-state index in [0.717, 1.165) is 37.7 Å². The Hall–Kier alpha value is -0.770. The summed E-state index contributed by atoms with van der Waals surface area (Å²) in [5.41, 5.74) is 8.25. The molecule has 0 radical (unpaired) electrons. The van der Waals surface area contributed by atoms with E-state index in [0.29, 0.717) is 12.5 Å². The number of rotatable bonds is 4. The number of hydrogen-bond acceptors (Lipinski definition) is 3. The molecule has 2 N–H and O–H groups in total. The third-order valence-corrected chi connectivity index (χ3v) is 3.71. The van der Waals surface area contributed by atoms with E-state index in [1.54, 1.807) is 0 Å². The van der Waals surface area contributed by atoms with Gasteiger partial charge in [-0.1, -0.05) is 18.5 Å². The normalized spacial score (nSPS) is 17.8. The van der Waals surface area contributed by atoms with Crippen LogP contribution in [0.15, 0.2) is 18.2 Å². The molecule has 3 nitrogen and oxygen atoms in total. The van der Waals surface area contributed by atoms with Crippen molar-refractivity contribution in [3.63, 3.8) is 0 Å². The largest absolute Gasteiger partial charge is 0.378 e. The van der Waals surface area contributed by atoms with Gasteiger partial charge in [-0.05, 0) is 42.6 Å². The van der Waals surface area contributed by atoms with Crippen LogP contribution < -0.4 is 10.6 Å². The van der Waals surface area contributed by atoms with Crippen LogP contribution in [0.1, 0.15) is 24.8 Å². The zero-order valence-electron chi connectivity index (χ0n) is 10.9. The molecule has 0 saturated carbocycles. The molecule has 0 amide bonds. The molecule has 0 bridgehead atoms. The van der Waals surface area contributed by atoms with Crippen molar-refractivity contribution >= 4 is 17.3 Å². The number of hydrogen-bond donors (Lipinski definition) is 1. The predicted octanol–water partition coefficient (Wildman–Crippen LogP) is 2.63. The molecular formula is C14H21ClN2O. The number of ether oxygens (including phenoxy) is 1. The number of benzene rings is 1. The van der Waals surface area contributed by atoms with Crippen LogP contribution >= 0.6 is 11.6 Å². The minimum Gasteiger partial charge on any atom is -0.378 e. The minimum atomic E-state index is 0.437. The van der Waals surface area contributed by atoms with Crippen LogP contribution in [-0.4, -0.2) is 32.8 Å². The summed E-state index contributed by atoms with van der Waals surface area (Å²) in [6.45, 7) is 6.41. The van der Waals surface area contributed by atoms with Crippen LogP contribution in [0, 0.1) is 0 Å². The minimum absolute atomic E-state index is 0.437. The number of anilines is 1. The molecule has 0 aliphatic carbocycles. The Morgan fingerprint density at radius 1 is 1.39 bits per heavy atom. The van der Waals surface area contributed by atoms with Crippen molar-refractivity contribution in [1.82, 2.24) is 0 Å². The molecule has 1 aromatic carbocycles. The SMILES string of the molecule is CC(CCN)c1cc(Cl)ccc1N1CCOCC1. The molecule has 1 aliphatic rings. The maximum Gasteiger partial charge on any atom is 0.0642 e. The van der Waals surface area contributed by atoms with Crippen LogP contribution in [-0.2, 0) is 4.74 Å². The van der Waals surface area contributed by atoms with Crippen molar-refractivity contribution < 1.29 is 4.74 Å². The summed E-state index contributed by atoms with van der Waals surface area (Å²) in [7, 11) is 0. The van der Waals surface area contributed by atoms with Crippen LogP contribution in [0.3, 0.4) is 0 Å². The van der Waals surface area contributed by atoms with Gasteiger partial charge in [0.25, 0.3) is 0 Å². The second-order valence-electron chi connectivity index (χ2n) is 4.78. The fourth-order valence-corrected chi connectivity index (χ4v) is 2.60. The van der Waals surface area contributed by atoms with Crippen LogP contribution in [0.2, 0.25) is 5.02 Å². The quantitative estimate of drug-likeness (QED) is 0.912. The zero-order chi connectivity index (χ0) is 13.0. The van der Waals surface area contributed by atoms with Gasteiger partial charge >= 0.3 is 0 Å². The molecule has 18 heavy (non-hydrogen) atoms. The smallest absolute Gasteiger partial charge is 0.0642 e.